The lowest BCUT2D eigenvalue weighted by molar-refractivity contribution is 0.177. The summed E-state index contributed by atoms with van der Waals surface area (Å²) in [6.45, 7) is 0.547. The van der Waals surface area contributed by atoms with Gasteiger partial charge in [0.25, 0.3) is 0 Å². The van der Waals surface area contributed by atoms with Gasteiger partial charge in [-0.3, -0.25) is 0 Å². The topological polar surface area (TPSA) is 86.8 Å². The molecule has 5 nitrogen and oxygen atoms in total. The van der Waals surface area contributed by atoms with Crippen LogP contribution in [0.15, 0.2) is 0 Å². The highest BCUT2D eigenvalue weighted by Crippen LogP contribution is 1.89. The zero-order valence-electron chi connectivity index (χ0n) is 6.36. The van der Waals surface area contributed by atoms with Crippen LogP contribution in [0.4, 0.5) is 4.79 Å². The Morgan fingerprint density at radius 3 is 2.27 bits per heavy atom. The van der Waals surface area contributed by atoms with Crippen molar-refractivity contribution in [3.05, 3.63) is 0 Å². The van der Waals surface area contributed by atoms with E-state index in [9.17, 15) is 4.79 Å². The van der Waals surface area contributed by atoms with E-state index in [-0.39, 0.29) is 19.8 Å². The van der Waals surface area contributed by atoms with Gasteiger partial charge in [0.05, 0.1) is 6.61 Å². The number of hydrogen-bond donors (Lipinski definition) is 3. The molecule has 0 spiro atoms. The van der Waals surface area contributed by atoms with Crippen LogP contribution in [-0.2, 0) is 0 Å². The number of urea groups is 1. The molecule has 0 radical (unpaired) electrons. The number of amides is 2. The average molecular weight is 162 g/mol. The Morgan fingerprint density at radius 2 is 1.91 bits per heavy atom. The van der Waals surface area contributed by atoms with Crippen molar-refractivity contribution in [3.8, 4) is 0 Å². The highest BCUT2D eigenvalue weighted by Gasteiger charge is 2.06. The second kappa shape index (κ2) is 5.94. The highest BCUT2D eigenvalue weighted by molar-refractivity contribution is 5.71. The van der Waals surface area contributed by atoms with E-state index < -0.39 is 6.03 Å². The van der Waals surface area contributed by atoms with E-state index >= 15 is 0 Å². The minimum absolute atomic E-state index is 0.0230. The van der Waals surface area contributed by atoms with Crippen LogP contribution in [0.1, 0.15) is 6.42 Å². The number of nitrogens with zero attached hydrogens (tertiary/aromatic N) is 1. The second-order valence-electron chi connectivity index (χ2n) is 2.13. The SMILES string of the molecule is NC(=O)N(CCO)CCCO. The van der Waals surface area contributed by atoms with Gasteiger partial charge in [0, 0.05) is 19.7 Å². The van der Waals surface area contributed by atoms with Crippen LogP contribution in [0, 0.1) is 0 Å². The molecule has 0 atom stereocenters. The predicted molar refractivity (Wildman–Crippen MR) is 39.9 cm³/mol. The number of aliphatic hydroxyl groups excluding tert-OH is 2. The third-order valence-corrected chi connectivity index (χ3v) is 1.27. The molecule has 0 aromatic carbocycles. The summed E-state index contributed by atoms with van der Waals surface area (Å²) >= 11 is 0. The highest BCUT2D eigenvalue weighted by atomic mass is 16.3. The van der Waals surface area contributed by atoms with E-state index in [0.29, 0.717) is 13.0 Å². The molecule has 11 heavy (non-hydrogen) atoms. The van der Waals surface area contributed by atoms with E-state index in [1.54, 1.807) is 0 Å². The molecule has 2 amide bonds. The molecule has 5 heteroatoms. The van der Waals surface area contributed by atoms with Gasteiger partial charge in [-0.1, -0.05) is 0 Å². The van der Waals surface area contributed by atoms with Gasteiger partial charge < -0.3 is 20.8 Å². The summed E-state index contributed by atoms with van der Waals surface area (Å²) in [6, 6.07) is -0.562. The number of aliphatic hydroxyl groups is 2. The van der Waals surface area contributed by atoms with Gasteiger partial charge in [-0.15, -0.1) is 0 Å². The van der Waals surface area contributed by atoms with Gasteiger partial charge in [0.2, 0.25) is 0 Å². The Hall–Kier alpha value is -0.810. The first-order valence-corrected chi connectivity index (χ1v) is 3.48. The number of hydrogen-bond acceptors (Lipinski definition) is 3. The largest absolute Gasteiger partial charge is 0.396 e. The van der Waals surface area contributed by atoms with Crippen LogP contribution in [0.25, 0.3) is 0 Å². The van der Waals surface area contributed by atoms with Crippen LogP contribution in [0.2, 0.25) is 0 Å². The fourth-order valence-corrected chi connectivity index (χ4v) is 0.714. The minimum atomic E-state index is -0.562. The lowest BCUT2D eigenvalue weighted by Crippen LogP contribution is -2.38. The molecule has 0 saturated heterocycles. The Labute approximate surface area is 65.4 Å². The fourth-order valence-electron chi connectivity index (χ4n) is 0.714. The number of rotatable bonds is 5. The molecule has 4 N–H and O–H groups in total. The predicted octanol–water partition coefficient (Wildman–Crippen LogP) is -1.26. The van der Waals surface area contributed by atoms with Crippen molar-refractivity contribution in [1.29, 1.82) is 0 Å². The van der Waals surface area contributed by atoms with E-state index in [2.05, 4.69) is 0 Å². The molecule has 0 aromatic heterocycles. The van der Waals surface area contributed by atoms with Crippen molar-refractivity contribution >= 4 is 6.03 Å². The summed E-state index contributed by atoms with van der Waals surface area (Å²) in [6.07, 6.45) is 0.489. The average Bonchev–Trinajstić information content (AvgIpc) is 1.97. The Morgan fingerprint density at radius 1 is 1.27 bits per heavy atom. The van der Waals surface area contributed by atoms with Crippen molar-refractivity contribution in [2.24, 2.45) is 5.73 Å². The van der Waals surface area contributed by atoms with Crippen LogP contribution >= 0.6 is 0 Å². The first kappa shape index (κ1) is 10.2. The molecule has 0 unspecified atom stereocenters. The molecule has 66 valence electrons. The van der Waals surface area contributed by atoms with Crippen LogP contribution < -0.4 is 5.73 Å². The maximum Gasteiger partial charge on any atom is 0.314 e. The second-order valence-corrected chi connectivity index (χ2v) is 2.13. The molecule has 0 bridgehead atoms. The Kier molecular flexibility index (Phi) is 5.50. The lowest BCUT2D eigenvalue weighted by atomic mass is 10.4. The minimum Gasteiger partial charge on any atom is -0.396 e. The molecular formula is C6H14N2O3. The Balaban J connectivity index is 3.60. The van der Waals surface area contributed by atoms with Gasteiger partial charge in [-0.25, -0.2) is 4.79 Å². The zero-order valence-corrected chi connectivity index (χ0v) is 6.36. The van der Waals surface area contributed by atoms with Crippen LogP contribution in [0.3, 0.4) is 0 Å². The van der Waals surface area contributed by atoms with E-state index in [1.807, 2.05) is 0 Å². The summed E-state index contributed by atoms with van der Waals surface area (Å²) in [5, 5.41) is 16.9. The van der Waals surface area contributed by atoms with Crippen molar-refractivity contribution in [2.75, 3.05) is 26.3 Å². The number of primary amides is 1. The van der Waals surface area contributed by atoms with Crippen molar-refractivity contribution in [3.63, 3.8) is 0 Å². The molecular weight excluding hydrogens is 148 g/mol. The number of carbonyl (C=O) groups is 1. The van der Waals surface area contributed by atoms with Gasteiger partial charge in [0.1, 0.15) is 0 Å². The van der Waals surface area contributed by atoms with Gasteiger partial charge in [-0.05, 0) is 6.42 Å². The smallest absolute Gasteiger partial charge is 0.314 e. The van der Waals surface area contributed by atoms with Crippen molar-refractivity contribution in [2.45, 2.75) is 6.42 Å². The molecule has 0 aliphatic rings. The molecule has 0 aromatic rings. The molecule has 0 aliphatic heterocycles. The molecule has 0 heterocycles. The van der Waals surface area contributed by atoms with Gasteiger partial charge >= 0.3 is 6.03 Å². The maximum atomic E-state index is 10.6. The maximum absolute atomic E-state index is 10.6. The summed E-state index contributed by atoms with van der Waals surface area (Å²) in [7, 11) is 0. The fraction of sp³-hybridized carbons (Fsp3) is 0.833. The molecule has 0 fully saturated rings. The van der Waals surface area contributed by atoms with Gasteiger partial charge in [0.15, 0.2) is 0 Å². The summed E-state index contributed by atoms with van der Waals surface area (Å²) in [5.74, 6) is 0. The normalized spacial score (nSPS) is 9.64. The van der Waals surface area contributed by atoms with E-state index in [0.717, 1.165) is 0 Å². The summed E-state index contributed by atoms with van der Waals surface area (Å²) in [5.41, 5.74) is 4.96. The van der Waals surface area contributed by atoms with Gasteiger partial charge in [-0.2, -0.15) is 0 Å². The Bertz CT molecular complexity index is 118. The van der Waals surface area contributed by atoms with Crippen molar-refractivity contribution < 1.29 is 15.0 Å². The first-order chi connectivity index (χ1) is 5.22. The quantitative estimate of drug-likeness (QED) is 0.471. The zero-order chi connectivity index (χ0) is 8.69. The van der Waals surface area contributed by atoms with E-state index in [1.165, 1.54) is 4.90 Å². The standard InChI is InChI=1S/C6H14N2O3/c7-6(11)8(3-5-10)2-1-4-9/h9-10H,1-5H2,(H2,7,11). The van der Waals surface area contributed by atoms with E-state index in [4.69, 9.17) is 15.9 Å². The summed E-state index contributed by atoms with van der Waals surface area (Å²) in [4.78, 5) is 11.8. The molecule has 0 aliphatic carbocycles. The summed E-state index contributed by atoms with van der Waals surface area (Å²) < 4.78 is 0. The molecule has 0 saturated carbocycles. The third kappa shape index (κ3) is 4.58. The number of carbonyl (C=O) groups excluding carboxylic acids is 1. The molecule has 0 rings (SSSR count). The lowest BCUT2D eigenvalue weighted by Gasteiger charge is -2.17. The third-order valence-electron chi connectivity index (χ3n) is 1.27. The van der Waals surface area contributed by atoms with Crippen LogP contribution in [-0.4, -0.2) is 47.4 Å². The van der Waals surface area contributed by atoms with Crippen molar-refractivity contribution in [1.82, 2.24) is 4.90 Å². The number of nitrogens with two attached hydrogens (primary N) is 1. The van der Waals surface area contributed by atoms with Crippen LogP contribution in [0.5, 0.6) is 0 Å². The monoisotopic (exact) mass is 162 g/mol. The first-order valence-electron chi connectivity index (χ1n) is 3.48.